The fourth-order valence-electron chi connectivity index (χ4n) is 2.36. The maximum Gasteiger partial charge on any atom is 0.0568 e. The average Bonchev–Trinajstić information content (AvgIpc) is 2.87. The molecule has 2 aromatic rings. The molecule has 0 aliphatic carbocycles. The Morgan fingerprint density at radius 2 is 1.68 bits per heavy atom. The van der Waals surface area contributed by atoms with E-state index in [1.165, 1.54) is 22.3 Å². The molecule has 0 radical (unpaired) electrons. The zero-order chi connectivity index (χ0) is 13.1. The summed E-state index contributed by atoms with van der Waals surface area (Å²) in [5.74, 6) is 0. The molecule has 3 heteroatoms. The SMILES string of the molecule is CCc1cccc(CC)c1-c1cnn(C(C)C)c1.[Pt]. The van der Waals surface area contributed by atoms with E-state index in [4.69, 9.17) is 0 Å². The first-order chi connectivity index (χ1) is 8.67. The van der Waals surface area contributed by atoms with Gasteiger partial charge in [0.05, 0.1) is 6.20 Å². The Labute approximate surface area is 130 Å². The molecule has 0 spiro atoms. The molecule has 0 saturated heterocycles. The maximum absolute atomic E-state index is 4.46. The summed E-state index contributed by atoms with van der Waals surface area (Å²) in [5.41, 5.74) is 5.46. The van der Waals surface area contributed by atoms with Crippen LogP contribution < -0.4 is 0 Å². The van der Waals surface area contributed by atoms with E-state index in [1.54, 1.807) is 0 Å². The molecule has 0 amide bonds. The van der Waals surface area contributed by atoms with Crippen LogP contribution in [0.1, 0.15) is 44.9 Å². The molecule has 0 aliphatic rings. The van der Waals surface area contributed by atoms with Gasteiger partial charge < -0.3 is 0 Å². The van der Waals surface area contributed by atoms with Crippen LogP contribution in [0.3, 0.4) is 0 Å². The largest absolute Gasteiger partial charge is 0.270 e. The minimum absolute atomic E-state index is 0. The van der Waals surface area contributed by atoms with Crippen LogP contribution in [0.4, 0.5) is 0 Å². The van der Waals surface area contributed by atoms with Gasteiger partial charge in [-0.05, 0) is 43.4 Å². The van der Waals surface area contributed by atoms with E-state index >= 15 is 0 Å². The van der Waals surface area contributed by atoms with Crippen molar-refractivity contribution in [1.82, 2.24) is 9.78 Å². The summed E-state index contributed by atoms with van der Waals surface area (Å²) in [5, 5.41) is 4.46. The minimum Gasteiger partial charge on any atom is -0.270 e. The first-order valence-corrected chi connectivity index (χ1v) is 6.82. The molecule has 106 valence electrons. The Hall–Kier alpha value is -0.882. The van der Waals surface area contributed by atoms with Crippen LogP contribution in [0.25, 0.3) is 11.1 Å². The monoisotopic (exact) mass is 437 g/mol. The van der Waals surface area contributed by atoms with Gasteiger partial charge in [-0.2, -0.15) is 5.10 Å². The van der Waals surface area contributed by atoms with Gasteiger partial charge in [0.2, 0.25) is 0 Å². The number of hydrogen-bond donors (Lipinski definition) is 0. The number of nitrogens with zero attached hydrogens (tertiary/aromatic N) is 2. The van der Waals surface area contributed by atoms with Gasteiger partial charge in [-0.3, -0.25) is 4.68 Å². The first-order valence-electron chi connectivity index (χ1n) is 6.82. The van der Waals surface area contributed by atoms with Crippen molar-refractivity contribution >= 4 is 0 Å². The van der Waals surface area contributed by atoms with Crippen LogP contribution in [-0.2, 0) is 33.9 Å². The van der Waals surface area contributed by atoms with Crippen LogP contribution in [0, 0.1) is 0 Å². The summed E-state index contributed by atoms with van der Waals surface area (Å²) < 4.78 is 2.03. The van der Waals surface area contributed by atoms with Crippen LogP contribution in [-0.4, -0.2) is 9.78 Å². The fraction of sp³-hybridized carbons (Fsp3) is 0.438. The third kappa shape index (κ3) is 3.36. The number of benzene rings is 1. The zero-order valence-corrected chi connectivity index (χ0v) is 14.4. The summed E-state index contributed by atoms with van der Waals surface area (Å²) in [6, 6.07) is 7.02. The van der Waals surface area contributed by atoms with Crippen molar-refractivity contribution in [3.8, 4) is 11.1 Å². The van der Waals surface area contributed by atoms with Crippen molar-refractivity contribution in [1.29, 1.82) is 0 Å². The molecular weight excluding hydrogens is 415 g/mol. The van der Waals surface area contributed by atoms with Crippen molar-refractivity contribution in [2.75, 3.05) is 0 Å². The second-order valence-electron chi connectivity index (χ2n) is 4.96. The van der Waals surface area contributed by atoms with Crippen LogP contribution in [0.15, 0.2) is 30.6 Å². The maximum atomic E-state index is 4.46. The molecule has 0 saturated carbocycles. The number of rotatable bonds is 4. The topological polar surface area (TPSA) is 17.8 Å². The molecule has 19 heavy (non-hydrogen) atoms. The number of aromatic nitrogens is 2. The van der Waals surface area contributed by atoms with Crippen molar-refractivity contribution < 1.29 is 21.1 Å². The summed E-state index contributed by atoms with van der Waals surface area (Å²) in [7, 11) is 0. The van der Waals surface area contributed by atoms with Crippen LogP contribution in [0.5, 0.6) is 0 Å². The molecular formula is C16H22N2Pt. The normalized spacial score (nSPS) is 10.6. The van der Waals surface area contributed by atoms with E-state index in [2.05, 4.69) is 57.2 Å². The molecule has 0 fully saturated rings. The van der Waals surface area contributed by atoms with Gasteiger partial charge in [0.25, 0.3) is 0 Å². The third-order valence-electron chi connectivity index (χ3n) is 3.42. The molecule has 1 heterocycles. The second-order valence-corrected chi connectivity index (χ2v) is 4.96. The van der Waals surface area contributed by atoms with E-state index in [0.29, 0.717) is 6.04 Å². The Kier molecular flexibility index (Phi) is 6.00. The average molecular weight is 437 g/mol. The molecule has 0 N–H and O–H groups in total. The molecule has 0 aliphatic heterocycles. The van der Waals surface area contributed by atoms with E-state index in [-0.39, 0.29) is 21.1 Å². The summed E-state index contributed by atoms with van der Waals surface area (Å²) in [6.07, 6.45) is 6.29. The minimum atomic E-state index is 0. The first kappa shape index (κ1) is 16.2. The van der Waals surface area contributed by atoms with Gasteiger partial charge >= 0.3 is 0 Å². The molecule has 2 rings (SSSR count). The summed E-state index contributed by atoms with van der Waals surface area (Å²) in [4.78, 5) is 0. The van der Waals surface area contributed by atoms with E-state index in [0.717, 1.165) is 12.8 Å². The van der Waals surface area contributed by atoms with Gasteiger partial charge in [-0.1, -0.05) is 32.0 Å². The number of aryl methyl sites for hydroxylation is 2. The quantitative estimate of drug-likeness (QED) is 0.699. The fourth-order valence-corrected chi connectivity index (χ4v) is 2.36. The molecule has 1 aromatic carbocycles. The third-order valence-corrected chi connectivity index (χ3v) is 3.42. The Morgan fingerprint density at radius 3 is 2.11 bits per heavy atom. The predicted molar refractivity (Wildman–Crippen MR) is 76.8 cm³/mol. The zero-order valence-electron chi connectivity index (χ0n) is 12.1. The molecule has 0 bridgehead atoms. The van der Waals surface area contributed by atoms with Crippen molar-refractivity contribution in [2.45, 2.75) is 46.6 Å². The van der Waals surface area contributed by atoms with E-state index in [1.807, 2.05) is 10.9 Å². The Bertz CT molecular complexity index is 507. The molecule has 0 unspecified atom stereocenters. The van der Waals surface area contributed by atoms with Gasteiger partial charge in [0.15, 0.2) is 0 Å². The molecule has 0 atom stereocenters. The predicted octanol–water partition coefficient (Wildman–Crippen LogP) is 4.25. The Morgan fingerprint density at radius 1 is 1.11 bits per heavy atom. The molecule has 1 aromatic heterocycles. The van der Waals surface area contributed by atoms with Gasteiger partial charge in [0.1, 0.15) is 0 Å². The Balaban J connectivity index is 0.00000180. The van der Waals surface area contributed by atoms with E-state index < -0.39 is 0 Å². The number of hydrogen-bond acceptors (Lipinski definition) is 1. The summed E-state index contributed by atoms with van der Waals surface area (Å²) in [6.45, 7) is 8.74. The van der Waals surface area contributed by atoms with Gasteiger partial charge in [-0.15, -0.1) is 0 Å². The smallest absolute Gasteiger partial charge is 0.0568 e. The summed E-state index contributed by atoms with van der Waals surface area (Å²) >= 11 is 0. The van der Waals surface area contributed by atoms with Crippen molar-refractivity contribution in [2.24, 2.45) is 0 Å². The van der Waals surface area contributed by atoms with Crippen LogP contribution >= 0.6 is 0 Å². The second kappa shape index (κ2) is 7.05. The standard InChI is InChI=1S/C16H22N2.Pt/c1-5-13-8-7-9-14(6-2)16(13)15-10-17-18(11-15)12(3)4;/h7-12H,5-6H2,1-4H3;. The van der Waals surface area contributed by atoms with Crippen LogP contribution in [0.2, 0.25) is 0 Å². The van der Waals surface area contributed by atoms with E-state index in [9.17, 15) is 0 Å². The van der Waals surface area contributed by atoms with Crippen molar-refractivity contribution in [3.05, 3.63) is 41.7 Å². The van der Waals surface area contributed by atoms with Crippen molar-refractivity contribution in [3.63, 3.8) is 0 Å². The van der Waals surface area contributed by atoms with Gasteiger partial charge in [-0.25, -0.2) is 0 Å². The molecule has 2 nitrogen and oxygen atoms in total. The van der Waals surface area contributed by atoms with Gasteiger partial charge in [0, 0.05) is 38.9 Å².